The summed E-state index contributed by atoms with van der Waals surface area (Å²) >= 11 is 0. The standard InChI is InChI=1S/C14H29NO/c1-6-8-10-14(5,9-7-2)11-13(3,4)12(15)16/h6-11H2,1-5H3,(H2,15,16). The van der Waals surface area contributed by atoms with E-state index in [1.807, 2.05) is 13.8 Å². The zero-order valence-electron chi connectivity index (χ0n) is 11.7. The van der Waals surface area contributed by atoms with Crippen molar-refractivity contribution in [3.63, 3.8) is 0 Å². The van der Waals surface area contributed by atoms with E-state index in [1.54, 1.807) is 0 Å². The van der Waals surface area contributed by atoms with Gasteiger partial charge in [-0.2, -0.15) is 0 Å². The third-order valence-electron chi connectivity index (χ3n) is 3.52. The molecular formula is C14H29NO. The zero-order chi connectivity index (χ0) is 12.8. The van der Waals surface area contributed by atoms with E-state index in [4.69, 9.17) is 5.73 Å². The average Bonchev–Trinajstić information content (AvgIpc) is 2.14. The van der Waals surface area contributed by atoms with Crippen LogP contribution in [0.3, 0.4) is 0 Å². The van der Waals surface area contributed by atoms with E-state index in [1.165, 1.54) is 32.1 Å². The molecule has 0 saturated carbocycles. The van der Waals surface area contributed by atoms with E-state index >= 15 is 0 Å². The average molecular weight is 227 g/mol. The molecule has 16 heavy (non-hydrogen) atoms. The molecule has 2 N–H and O–H groups in total. The van der Waals surface area contributed by atoms with Crippen LogP contribution in [0.2, 0.25) is 0 Å². The number of rotatable bonds is 8. The van der Waals surface area contributed by atoms with Gasteiger partial charge in [-0.3, -0.25) is 4.79 Å². The number of primary amides is 1. The lowest BCUT2D eigenvalue weighted by molar-refractivity contribution is -0.127. The molecule has 0 spiro atoms. The Bertz CT molecular complexity index is 223. The fourth-order valence-corrected chi connectivity index (χ4v) is 2.66. The van der Waals surface area contributed by atoms with Crippen molar-refractivity contribution < 1.29 is 4.79 Å². The van der Waals surface area contributed by atoms with Gasteiger partial charge in [0, 0.05) is 5.41 Å². The van der Waals surface area contributed by atoms with Gasteiger partial charge in [0.05, 0.1) is 0 Å². The Hall–Kier alpha value is -0.530. The van der Waals surface area contributed by atoms with E-state index in [0.29, 0.717) is 0 Å². The Morgan fingerprint density at radius 3 is 2.00 bits per heavy atom. The summed E-state index contributed by atoms with van der Waals surface area (Å²) in [5.41, 5.74) is 5.35. The van der Waals surface area contributed by atoms with Crippen LogP contribution in [0.15, 0.2) is 0 Å². The number of nitrogens with two attached hydrogens (primary N) is 1. The summed E-state index contributed by atoms with van der Waals surface area (Å²) < 4.78 is 0. The molecule has 0 rings (SSSR count). The number of amides is 1. The SMILES string of the molecule is CCCCC(C)(CCC)CC(C)(C)C(N)=O. The molecule has 2 heteroatoms. The second kappa shape index (κ2) is 6.27. The molecule has 1 unspecified atom stereocenters. The van der Waals surface area contributed by atoms with Crippen LogP contribution in [-0.2, 0) is 4.79 Å². The highest BCUT2D eigenvalue weighted by atomic mass is 16.1. The summed E-state index contributed by atoms with van der Waals surface area (Å²) in [5.74, 6) is -0.175. The van der Waals surface area contributed by atoms with Crippen molar-refractivity contribution in [3.05, 3.63) is 0 Å². The van der Waals surface area contributed by atoms with Crippen molar-refractivity contribution in [1.82, 2.24) is 0 Å². The topological polar surface area (TPSA) is 43.1 Å². The van der Waals surface area contributed by atoms with E-state index < -0.39 is 0 Å². The lowest BCUT2D eigenvalue weighted by Crippen LogP contribution is -2.36. The minimum atomic E-state index is -0.377. The minimum Gasteiger partial charge on any atom is -0.369 e. The van der Waals surface area contributed by atoms with E-state index in [0.717, 1.165) is 6.42 Å². The van der Waals surface area contributed by atoms with Crippen LogP contribution in [0.5, 0.6) is 0 Å². The molecule has 0 aliphatic heterocycles. The summed E-state index contributed by atoms with van der Waals surface area (Å²) in [4.78, 5) is 11.4. The molecule has 96 valence electrons. The van der Waals surface area contributed by atoms with Crippen LogP contribution in [0.4, 0.5) is 0 Å². The van der Waals surface area contributed by atoms with Crippen molar-refractivity contribution in [3.8, 4) is 0 Å². The number of hydrogen-bond donors (Lipinski definition) is 1. The first-order valence-electron chi connectivity index (χ1n) is 6.57. The Morgan fingerprint density at radius 2 is 1.62 bits per heavy atom. The second-order valence-corrected chi connectivity index (χ2v) is 6.09. The first-order chi connectivity index (χ1) is 7.27. The highest BCUT2D eigenvalue weighted by Crippen LogP contribution is 2.41. The lowest BCUT2D eigenvalue weighted by atomic mass is 9.69. The van der Waals surface area contributed by atoms with Crippen molar-refractivity contribution >= 4 is 5.91 Å². The Balaban J connectivity index is 4.59. The Morgan fingerprint density at radius 1 is 1.06 bits per heavy atom. The van der Waals surface area contributed by atoms with Gasteiger partial charge in [0.2, 0.25) is 5.91 Å². The third-order valence-corrected chi connectivity index (χ3v) is 3.52. The first kappa shape index (κ1) is 15.5. The molecule has 0 fully saturated rings. The van der Waals surface area contributed by atoms with Gasteiger partial charge in [0.1, 0.15) is 0 Å². The van der Waals surface area contributed by atoms with Crippen LogP contribution in [0.1, 0.15) is 73.1 Å². The number of carbonyl (C=O) groups is 1. The van der Waals surface area contributed by atoms with Crippen molar-refractivity contribution in [1.29, 1.82) is 0 Å². The Kier molecular flexibility index (Phi) is 6.06. The molecule has 0 aliphatic carbocycles. The predicted octanol–water partition coefficient (Wildman–Crippen LogP) is 3.88. The largest absolute Gasteiger partial charge is 0.369 e. The molecule has 0 bridgehead atoms. The molecule has 0 aromatic rings. The van der Waals surface area contributed by atoms with E-state index in [-0.39, 0.29) is 16.7 Å². The quantitative estimate of drug-likeness (QED) is 0.671. The third kappa shape index (κ3) is 5.00. The van der Waals surface area contributed by atoms with Crippen molar-refractivity contribution in [2.24, 2.45) is 16.6 Å². The van der Waals surface area contributed by atoms with Crippen LogP contribution < -0.4 is 5.73 Å². The summed E-state index contributed by atoms with van der Waals surface area (Å²) in [7, 11) is 0. The van der Waals surface area contributed by atoms with Crippen LogP contribution >= 0.6 is 0 Å². The van der Waals surface area contributed by atoms with Gasteiger partial charge in [-0.15, -0.1) is 0 Å². The van der Waals surface area contributed by atoms with Gasteiger partial charge in [-0.25, -0.2) is 0 Å². The highest BCUT2D eigenvalue weighted by molar-refractivity contribution is 5.79. The maximum atomic E-state index is 11.4. The second-order valence-electron chi connectivity index (χ2n) is 6.09. The molecule has 0 aromatic carbocycles. The fourth-order valence-electron chi connectivity index (χ4n) is 2.66. The summed E-state index contributed by atoms with van der Waals surface area (Å²) in [5, 5.41) is 0. The van der Waals surface area contributed by atoms with E-state index in [9.17, 15) is 4.79 Å². The smallest absolute Gasteiger partial charge is 0.223 e. The summed E-state index contributed by atoms with van der Waals surface area (Å²) in [6.45, 7) is 10.7. The van der Waals surface area contributed by atoms with Gasteiger partial charge in [-0.1, -0.05) is 53.9 Å². The molecule has 1 amide bonds. The van der Waals surface area contributed by atoms with Gasteiger partial charge >= 0.3 is 0 Å². The normalized spacial score (nSPS) is 15.8. The first-order valence-corrected chi connectivity index (χ1v) is 6.57. The molecule has 0 saturated heterocycles. The summed E-state index contributed by atoms with van der Waals surface area (Å²) in [6.07, 6.45) is 6.93. The monoisotopic (exact) mass is 227 g/mol. The molecule has 0 radical (unpaired) electrons. The minimum absolute atomic E-state index is 0.175. The molecule has 2 nitrogen and oxygen atoms in total. The molecule has 0 aromatic heterocycles. The summed E-state index contributed by atoms with van der Waals surface area (Å²) in [6, 6.07) is 0. The number of unbranched alkanes of at least 4 members (excludes halogenated alkanes) is 1. The number of hydrogen-bond acceptors (Lipinski definition) is 1. The Labute approximate surface area is 101 Å². The predicted molar refractivity (Wildman–Crippen MR) is 70.1 cm³/mol. The highest BCUT2D eigenvalue weighted by Gasteiger charge is 2.34. The van der Waals surface area contributed by atoms with E-state index in [2.05, 4.69) is 20.8 Å². The van der Waals surface area contributed by atoms with Crippen LogP contribution in [0, 0.1) is 10.8 Å². The molecule has 0 heterocycles. The molecule has 0 aliphatic rings. The maximum absolute atomic E-state index is 11.4. The molecular weight excluding hydrogens is 198 g/mol. The van der Waals surface area contributed by atoms with Crippen molar-refractivity contribution in [2.75, 3.05) is 0 Å². The zero-order valence-corrected chi connectivity index (χ0v) is 11.7. The van der Waals surface area contributed by atoms with Crippen LogP contribution in [0.25, 0.3) is 0 Å². The lowest BCUT2D eigenvalue weighted by Gasteiger charge is -2.36. The van der Waals surface area contributed by atoms with Gasteiger partial charge in [0.25, 0.3) is 0 Å². The fraction of sp³-hybridized carbons (Fsp3) is 0.929. The van der Waals surface area contributed by atoms with Gasteiger partial charge in [-0.05, 0) is 24.7 Å². The van der Waals surface area contributed by atoms with Crippen molar-refractivity contribution in [2.45, 2.75) is 73.1 Å². The van der Waals surface area contributed by atoms with Crippen LogP contribution in [-0.4, -0.2) is 5.91 Å². The maximum Gasteiger partial charge on any atom is 0.223 e. The van der Waals surface area contributed by atoms with Gasteiger partial charge in [0.15, 0.2) is 0 Å². The molecule has 1 atom stereocenters. The number of carbonyl (C=O) groups excluding carboxylic acids is 1. The van der Waals surface area contributed by atoms with Gasteiger partial charge < -0.3 is 5.73 Å².